The molecule has 0 saturated carbocycles. The SMILES string of the molecule is O=S1(=O)C2CCC1CC(O)(Cc1ccc(C(F)(F)F)cc1F)C2. The fourth-order valence-corrected chi connectivity index (χ4v) is 6.26. The van der Waals surface area contributed by atoms with Gasteiger partial charge in [-0.15, -0.1) is 0 Å². The molecular weight excluding hydrogens is 336 g/mol. The Balaban J connectivity index is 1.83. The molecular formula is C15H16F4O3S. The topological polar surface area (TPSA) is 54.4 Å². The second-order valence-electron chi connectivity index (χ2n) is 6.52. The number of benzene rings is 1. The van der Waals surface area contributed by atoms with E-state index in [0.29, 0.717) is 18.9 Å². The summed E-state index contributed by atoms with van der Waals surface area (Å²) in [6.07, 6.45) is -3.85. The summed E-state index contributed by atoms with van der Waals surface area (Å²) in [5.74, 6) is -1.03. The van der Waals surface area contributed by atoms with Gasteiger partial charge in [0.2, 0.25) is 0 Å². The van der Waals surface area contributed by atoms with Gasteiger partial charge in [0.05, 0.1) is 21.7 Å². The van der Waals surface area contributed by atoms with Crippen molar-refractivity contribution < 1.29 is 31.1 Å². The summed E-state index contributed by atoms with van der Waals surface area (Å²) < 4.78 is 75.6. The first-order valence-electron chi connectivity index (χ1n) is 7.32. The minimum Gasteiger partial charge on any atom is -0.389 e. The fourth-order valence-electron chi connectivity index (χ4n) is 3.71. The molecule has 2 aliphatic heterocycles. The van der Waals surface area contributed by atoms with Crippen molar-refractivity contribution >= 4 is 9.84 Å². The maximum Gasteiger partial charge on any atom is 0.416 e. The Morgan fingerprint density at radius 1 is 1.17 bits per heavy atom. The summed E-state index contributed by atoms with van der Waals surface area (Å²) in [6, 6.07) is 2.20. The van der Waals surface area contributed by atoms with Crippen LogP contribution in [0, 0.1) is 5.82 Å². The summed E-state index contributed by atoms with van der Waals surface area (Å²) in [6.45, 7) is 0. The van der Waals surface area contributed by atoms with E-state index in [-0.39, 0.29) is 24.8 Å². The third kappa shape index (κ3) is 2.98. The highest BCUT2D eigenvalue weighted by molar-refractivity contribution is 7.93. The Labute approximate surface area is 131 Å². The number of halogens is 4. The Morgan fingerprint density at radius 2 is 1.74 bits per heavy atom. The lowest BCUT2D eigenvalue weighted by atomic mass is 9.86. The zero-order valence-electron chi connectivity index (χ0n) is 12.1. The number of aliphatic hydroxyl groups is 1. The van der Waals surface area contributed by atoms with Gasteiger partial charge in [0.15, 0.2) is 9.84 Å². The summed E-state index contributed by atoms with van der Waals surface area (Å²) in [5, 5.41) is 9.37. The van der Waals surface area contributed by atoms with Gasteiger partial charge in [0.25, 0.3) is 0 Å². The zero-order valence-corrected chi connectivity index (χ0v) is 12.9. The standard InChI is InChI=1S/C15H16F4O3S/c16-13-5-10(15(17,18)19)2-1-9(13)6-14(20)7-11-3-4-12(8-14)23(11,21)22/h1-2,5,11-12,20H,3-4,6-8H2. The molecule has 3 rings (SSSR count). The van der Waals surface area contributed by atoms with Crippen LogP contribution in [0.15, 0.2) is 18.2 Å². The first-order valence-corrected chi connectivity index (χ1v) is 8.93. The van der Waals surface area contributed by atoms with E-state index in [9.17, 15) is 31.1 Å². The number of rotatable bonds is 2. The number of hydrogen-bond acceptors (Lipinski definition) is 3. The maximum absolute atomic E-state index is 13.9. The van der Waals surface area contributed by atoms with Crippen molar-refractivity contribution in [1.29, 1.82) is 0 Å². The molecule has 0 spiro atoms. The van der Waals surface area contributed by atoms with Crippen molar-refractivity contribution in [2.24, 2.45) is 0 Å². The first-order chi connectivity index (χ1) is 10.5. The van der Waals surface area contributed by atoms with Crippen LogP contribution in [0.3, 0.4) is 0 Å². The lowest BCUT2D eigenvalue weighted by Crippen LogP contribution is -2.46. The van der Waals surface area contributed by atoms with Crippen molar-refractivity contribution in [1.82, 2.24) is 0 Å². The molecule has 2 bridgehead atoms. The van der Waals surface area contributed by atoms with Gasteiger partial charge in [-0.3, -0.25) is 0 Å². The zero-order chi connectivity index (χ0) is 17.0. The molecule has 2 atom stereocenters. The predicted octanol–water partition coefficient (Wildman–Crippen LogP) is 2.86. The molecule has 0 aromatic heterocycles. The molecule has 1 N–H and O–H groups in total. The molecule has 23 heavy (non-hydrogen) atoms. The number of sulfone groups is 1. The van der Waals surface area contributed by atoms with Crippen LogP contribution in [0.1, 0.15) is 36.8 Å². The van der Waals surface area contributed by atoms with Gasteiger partial charge in [-0.05, 0) is 43.4 Å². The summed E-state index contributed by atoms with van der Waals surface area (Å²) >= 11 is 0. The van der Waals surface area contributed by atoms with Crippen LogP contribution in [0.25, 0.3) is 0 Å². The van der Waals surface area contributed by atoms with E-state index in [1.165, 1.54) is 0 Å². The Bertz CT molecular complexity index is 707. The van der Waals surface area contributed by atoms with Gasteiger partial charge in [-0.1, -0.05) is 6.07 Å². The van der Waals surface area contributed by atoms with Crippen molar-refractivity contribution in [2.45, 2.75) is 54.4 Å². The summed E-state index contributed by atoms with van der Waals surface area (Å²) in [4.78, 5) is 0. The lowest BCUT2D eigenvalue weighted by molar-refractivity contribution is -0.137. The van der Waals surface area contributed by atoms with E-state index in [4.69, 9.17) is 0 Å². The normalized spacial score (nSPS) is 32.9. The molecule has 1 aromatic rings. The lowest BCUT2D eigenvalue weighted by Gasteiger charge is -2.36. The monoisotopic (exact) mass is 352 g/mol. The van der Waals surface area contributed by atoms with Crippen molar-refractivity contribution in [3.05, 3.63) is 35.1 Å². The predicted molar refractivity (Wildman–Crippen MR) is 75.0 cm³/mol. The van der Waals surface area contributed by atoms with E-state index >= 15 is 0 Å². The molecule has 8 heteroatoms. The number of hydrogen-bond donors (Lipinski definition) is 1. The van der Waals surface area contributed by atoms with Gasteiger partial charge >= 0.3 is 6.18 Å². The molecule has 0 aliphatic carbocycles. The van der Waals surface area contributed by atoms with Crippen molar-refractivity contribution in [3.8, 4) is 0 Å². The smallest absolute Gasteiger partial charge is 0.389 e. The molecule has 2 unspecified atom stereocenters. The second-order valence-corrected chi connectivity index (χ2v) is 9.04. The van der Waals surface area contributed by atoms with E-state index in [1.807, 2.05) is 0 Å². The fraction of sp³-hybridized carbons (Fsp3) is 0.600. The summed E-state index contributed by atoms with van der Waals surface area (Å²) in [5.41, 5.74) is -2.51. The van der Waals surface area contributed by atoms with E-state index in [2.05, 4.69) is 0 Å². The molecule has 2 heterocycles. The molecule has 2 fully saturated rings. The first kappa shape index (κ1) is 16.7. The van der Waals surface area contributed by atoms with Gasteiger partial charge in [0, 0.05) is 6.42 Å². The highest BCUT2D eigenvalue weighted by Gasteiger charge is 2.52. The third-order valence-electron chi connectivity index (χ3n) is 4.86. The quantitative estimate of drug-likeness (QED) is 0.833. The van der Waals surface area contributed by atoms with Gasteiger partial charge in [-0.25, -0.2) is 12.8 Å². The summed E-state index contributed by atoms with van der Waals surface area (Å²) in [7, 11) is -3.23. The highest BCUT2D eigenvalue weighted by atomic mass is 32.2. The molecule has 2 aliphatic rings. The van der Waals surface area contributed by atoms with Crippen LogP contribution < -0.4 is 0 Å². The molecule has 1 aromatic carbocycles. The van der Waals surface area contributed by atoms with Crippen LogP contribution in [-0.2, 0) is 22.4 Å². The number of fused-ring (bicyclic) bond motifs is 2. The van der Waals surface area contributed by atoms with E-state index in [1.54, 1.807) is 0 Å². The Hall–Kier alpha value is -1.15. The second kappa shape index (κ2) is 5.17. The van der Waals surface area contributed by atoms with Crippen molar-refractivity contribution in [2.75, 3.05) is 0 Å². The van der Waals surface area contributed by atoms with Gasteiger partial charge in [-0.2, -0.15) is 13.2 Å². The molecule has 0 radical (unpaired) electrons. The average molecular weight is 352 g/mol. The Morgan fingerprint density at radius 3 is 2.22 bits per heavy atom. The number of alkyl halides is 3. The molecule has 3 nitrogen and oxygen atoms in total. The van der Waals surface area contributed by atoms with Crippen LogP contribution in [0.4, 0.5) is 17.6 Å². The van der Waals surface area contributed by atoms with Crippen LogP contribution in [-0.4, -0.2) is 29.6 Å². The average Bonchev–Trinajstić information content (AvgIpc) is 2.60. The minimum atomic E-state index is -4.63. The highest BCUT2D eigenvalue weighted by Crippen LogP contribution is 2.44. The largest absolute Gasteiger partial charge is 0.416 e. The van der Waals surface area contributed by atoms with Crippen LogP contribution in [0.2, 0.25) is 0 Å². The Kier molecular flexibility index (Phi) is 3.76. The molecule has 2 saturated heterocycles. The van der Waals surface area contributed by atoms with Gasteiger partial charge < -0.3 is 5.11 Å². The van der Waals surface area contributed by atoms with Gasteiger partial charge in [0.1, 0.15) is 5.82 Å². The maximum atomic E-state index is 13.9. The molecule has 128 valence electrons. The van der Waals surface area contributed by atoms with Crippen molar-refractivity contribution in [3.63, 3.8) is 0 Å². The van der Waals surface area contributed by atoms with E-state index in [0.717, 1.165) is 12.1 Å². The van der Waals surface area contributed by atoms with Crippen LogP contribution in [0.5, 0.6) is 0 Å². The minimum absolute atomic E-state index is 0.00625. The third-order valence-corrected chi connectivity index (χ3v) is 7.52. The van der Waals surface area contributed by atoms with E-state index < -0.39 is 43.5 Å². The molecule has 0 amide bonds. The van der Waals surface area contributed by atoms with Crippen LogP contribution >= 0.6 is 0 Å².